The summed E-state index contributed by atoms with van der Waals surface area (Å²) in [4.78, 5) is 12.4. The Morgan fingerprint density at radius 3 is 2.61 bits per heavy atom. The Morgan fingerprint density at radius 1 is 1.30 bits per heavy atom. The molecule has 1 aromatic heterocycles. The number of rotatable bonds is 6. The lowest BCUT2D eigenvalue weighted by molar-refractivity contribution is -0.122. The molecule has 0 aliphatic carbocycles. The summed E-state index contributed by atoms with van der Waals surface area (Å²) in [6.07, 6.45) is 0. The fourth-order valence-electron chi connectivity index (χ4n) is 2.68. The number of aromatic nitrogens is 2. The quantitative estimate of drug-likeness (QED) is 0.858. The number of aromatic amines is 1. The Balaban J connectivity index is 2.10. The summed E-state index contributed by atoms with van der Waals surface area (Å²) in [6.45, 7) is 6.07. The number of nitrogens with zero attached hydrogens (tertiary/aromatic N) is 1. The van der Waals surface area contributed by atoms with Gasteiger partial charge in [-0.15, -0.1) is 0 Å². The van der Waals surface area contributed by atoms with Gasteiger partial charge < -0.3 is 14.8 Å². The molecule has 6 heteroatoms. The molecule has 0 aliphatic heterocycles. The lowest BCUT2D eigenvalue weighted by Gasteiger charge is -2.15. The molecule has 1 amide bonds. The lowest BCUT2D eigenvalue weighted by Crippen LogP contribution is -2.28. The van der Waals surface area contributed by atoms with Gasteiger partial charge in [0.25, 0.3) is 0 Å². The van der Waals surface area contributed by atoms with Crippen molar-refractivity contribution in [3.8, 4) is 11.5 Å². The van der Waals surface area contributed by atoms with Gasteiger partial charge in [0.2, 0.25) is 5.91 Å². The molecular weight excluding hydrogens is 294 g/mol. The predicted octanol–water partition coefficient (Wildman–Crippen LogP) is 2.46. The Bertz CT molecular complexity index is 675. The molecule has 0 saturated carbocycles. The normalized spacial score (nSPS) is 11.9. The van der Waals surface area contributed by atoms with Crippen LogP contribution in [0.1, 0.15) is 35.4 Å². The molecule has 2 rings (SSSR count). The van der Waals surface area contributed by atoms with E-state index in [0.29, 0.717) is 6.54 Å². The molecular formula is C17H23N3O3. The van der Waals surface area contributed by atoms with Crippen LogP contribution in [0.4, 0.5) is 0 Å². The first-order valence-corrected chi connectivity index (χ1v) is 7.48. The van der Waals surface area contributed by atoms with Gasteiger partial charge in [-0.25, -0.2) is 0 Å². The molecule has 124 valence electrons. The summed E-state index contributed by atoms with van der Waals surface area (Å²) >= 11 is 0. The van der Waals surface area contributed by atoms with E-state index in [1.807, 2.05) is 39.0 Å². The van der Waals surface area contributed by atoms with Crippen LogP contribution in [0.25, 0.3) is 0 Å². The highest BCUT2D eigenvalue weighted by Gasteiger charge is 2.21. The zero-order valence-electron chi connectivity index (χ0n) is 14.2. The minimum atomic E-state index is -0.273. The maximum Gasteiger partial charge on any atom is 0.227 e. The van der Waals surface area contributed by atoms with Crippen LogP contribution >= 0.6 is 0 Å². The molecule has 2 N–H and O–H groups in total. The molecule has 0 aliphatic rings. The Morgan fingerprint density at radius 2 is 2.04 bits per heavy atom. The van der Waals surface area contributed by atoms with Gasteiger partial charge in [-0.1, -0.05) is 0 Å². The minimum Gasteiger partial charge on any atom is -0.497 e. The van der Waals surface area contributed by atoms with Gasteiger partial charge >= 0.3 is 0 Å². The van der Waals surface area contributed by atoms with E-state index in [9.17, 15) is 4.79 Å². The van der Waals surface area contributed by atoms with Crippen molar-refractivity contribution < 1.29 is 14.3 Å². The van der Waals surface area contributed by atoms with Gasteiger partial charge in [0, 0.05) is 23.4 Å². The summed E-state index contributed by atoms with van der Waals surface area (Å²) < 4.78 is 10.5. The number of amides is 1. The van der Waals surface area contributed by atoms with Crippen LogP contribution < -0.4 is 14.8 Å². The highest BCUT2D eigenvalue weighted by molar-refractivity contribution is 5.83. The van der Waals surface area contributed by atoms with Gasteiger partial charge in [-0.05, 0) is 39.0 Å². The van der Waals surface area contributed by atoms with E-state index >= 15 is 0 Å². The van der Waals surface area contributed by atoms with Crippen molar-refractivity contribution in [1.29, 1.82) is 0 Å². The summed E-state index contributed by atoms with van der Waals surface area (Å²) in [5, 5.41) is 10.0. The number of ether oxygens (including phenoxy) is 2. The van der Waals surface area contributed by atoms with Crippen molar-refractivity contribution in [3.05, 3.63) is 40.7 Å². The van der Waals surface area contributed by atoms with Crippen LogP contribution in [0.3, 0.4) is 0 Å². The lowest BCUT2D eigenvalue weighted by atomic mass is 9.98. The van der Waals surface area contributed by atoms with Crippen molar-refractivity contribution >= 4 is 5.91 Å². The van der Waals surface area contributed by atoms with Gasteiger partial charge in [-0.3, -0.25) is 9.89 Å². The van der Waals surface area contributed by atoms with Crippen LogP contribution in [0.5, 0.6) is 11.5 Å². The van der Waals surface area contributed by atoms with E-state index in [1.165, 1.54) is 0 Å². The Kier molecular flexibility index (Phi) is 5.26. The summed E-state index contributed by atoms with van der Waals surface area (Å²) in [5.74, 6) is 1.12. The maximum absolute atomic E-state index is 12.4. The molecule has 2 aromatic rings. The second kappa shape index (κ2) is 7.17. The third kappa shape index (κ3) is 3.64. The Labute approximate surface area is 136 Å². The monoisotopic (exact) mass is 317 g/mol. The molecule has 0 radical (unpaired) electrons. The number of benzene rings is 1. The van der Waals surface area contributed by atoms with Gasteiger partial charge in [0.1, 0.15) is 11.5 Å². The molecule has 1 heterocycles. The van der Waals surface area contributed by atoms with Crippen LogP contribution in [-0.4, -0.2) is 30.3 Å². The van der Waals surface area contributed by atoms with Gasteiger partial charge in [0.15, 0.2) is 0 Å². The zero-order chi connectivity index (χ0) is 17.0. The first-order valence-electron chi connectivity index (χ1n) is 7.48. The smallest absolute Gasteiger partial charge is 0.227 e. The topological polar surface area (TPSA) is 76.2 Å². The van der Waals surface area contributed by atoms with Crippen molar-refractivity contribution in [2.24, 2.45) is 0 Å². The highest BCUT2D eigenvalue weighted by atomic mass is 16.5. The molecule has 6 nitrogen and oxygen atoms in total. The van der Waals surface area contributed by atoms with Crippen molar-refractivity contribution in [2.45, 2.75) is 33.2 Å². The van der Waals surface area contributed by atoms with Gasteiger partial charge in [0.05, 0.1) is 25.8 Å². The number of methoxy groups -OCH3 is 2. The van der Waals surface area contributed by atoms with E-state index in [-0.39, 0.29) is 11.8 Å². The average Bonchev–Trinajstić information content (AvgIpc) is 2.90. The van der Waals surface area contributed by atoms with Crippen LogP contribution in [0.2, 0.25) is 0 Å². The second-order valence-corrected chi connectivity index (χ2v) is 5.46. The number of carbonyl (C=O) groups is 1. The largest absolute Gasteiger partial charge is 0.497 e. The summed E-state index contributed by atoms with van der Waals surface area (Å²) in [6, 6.07) is 5.51. The number of aryl methyl sites for hydroxylation is 2. The number of hydrogen-bond donors (Lipinski definition) is 2. The molecule has 0 fully saturated rings. The Hall–Kier alpha value is -2.50. The third-order valence-electron chi connectivity index (χ3n) is 3.95. The molecule has 0 spiro atoms. The fraction of sp³-hybridized carbons (Fsp3) is 0.412. The molecule has 23 heavy (non-hydrogen) atoms. The number of carbonyl (C=O) groups excluding carboxylic acids is 1. The first kappa shape index (κ1) is 16.9. The van der Waals surface area contributed by atoms with Crippen LogP contribution in [0.15, 0.2) is 18.2 Å². The van der Waals surface area contributed by atoms with E-state index in [1.54, 1.807) is 14.2 Å². The van der Waals surface area contributed by atoms with Crippen LogP contribution in [0, 0.1) is 13.8 Å². The van der Waals surface area contributed by atoms with Crippen molar-refractivity contribution in [2.75, 3.05) is 14.2 Å². The summed E-state index contributed by atoms with van der Waals surface area (Å²) in [7, 11) is 3.21. The SMILES string of the molecule is COc1ccc(OC)c(CNC(=O)C(C)c2c(C)n[nH]c2C)c1. The molecule has 0 bridgehead atoms. The second-order valence-electron chi connectivity index (χ2n) is 5.46. The standard InChI is InChI=1S/C17H23N3O3/c1-10(16-11(2)19-20-12(16)3)17(21)18-9-13-8-14(22-4)6-7-15(13)23-5/h6-8,10H,9H2,1-5H3,(H,18,21)(H,19,20). The number of hydrogen-bond acceptors (Lipinski definition) is 4. The first-order chi connectivity index (χ1) is 11.0. The van der Waals surface area contributed by atoms with E-state index in [2.05, 4.69) is 15.5 Å². The van der Waals surface area contributed by atoms with Gasteiger partial charge in [-0.2, -0.15) is 5.10 Å². The molecule has 0 saturated heterocycles. The molecule has 1 unspecified atom stereocenters. The summed E-state index contributed by atoms with van der Waals surface area (Å²) in [5.41, 5.74) is 3.58. The van der Waals surface area contributed by atoms with Crippen LogP contribution in [-0.2, 0) is 11.3 Å². The molecule has 1 aromatic carbocycles. The van der Waals surface area contributed by atoms with E-state index < -0.39 is 0 Å². The van der Waals surface area contributed by atoms with E-state index in [4.69, 9.17) is 9.47 Å². The average molecular weight is 317 g/mol. The highest BCUT2D eigenvalue weighted by Crippen LogP contribution is 2.25. The van der Waals surface area contributed by atoms with Crippen molar-refractivity contribution in [1.82, 2.24) is 15.5 Å². The predicted molar refractivity (Wildman–Crippen MR) is 87.9 cm³/mol. The number of H-pyrrole nitrogens is 1. The fourth-order valence-corrected chi connectivity index (χ4v) is 2.68. The van der Waals surface area contributed by atoms with Crippen molar-refractivity contribution in [3.63, 3.8) is 0 Å². The zero-order valence-corrected chi connectivity index (χ0v) is 14.2. The van der Waals surface area contributed by atoms with E-state index in [0.717, 1.165) is 34.0 Å². The third-order valence-corrected chi connectivity index (χ3v) is 3.95. The maximum atomic E-state index is 12.4. The minimum absolute atomic E-state index is 0.0533. The molecule has 1 atom stereocenters. The number of nitrogens with one attached hydrogen (secondary N) is 2.